The first-order valence-electron chi connectivity index (χ1n) is 10.1. The second-order valence-electron chi connectivity index (χ2n) is 7.12. The summed E-state index contributed by atoms with van der Waals surface area (Å²) in [4.78, 5) is 31.7. The molecule has 1 atom stereocenters. The van der Waals surface area contributed by atoms with Crippen LogP contribution in [0.25, 0.3) is 0 Å². The van der Waals surface area contributed by atoms with Crippen molar-refractivity contribution in [1.82, 2.24) is 4.90 Å². The van der Waals surface area contributed by atoms with Crippen molar-refractivity contribution in [3.05, 3.63) is 51.7 Å². The SMILES string of the molecule is CCC(=O)c1cc(F)c(OCC2CN(C(=O)CO/N=C(/C)c3cccs3)CCO2)c(F)c1. The van der Waals surface area contributed by atoms with Crippen LogP contribution in [0.5, 0.6) is 5.75 Å². The Balaban J connectivity index is 1.51. The van der Waals surface area contributed by atoms with E-state index in [0.29, 0.717) is 12.3 Å². The van der Waals surface area contributed by atoms with Crippen molar-refractivity contribution in [2.75, 3.05) is 32.9 Å². The van der Waals surface area contributed by atoms with Gasteiger partial charge < -0.3 is 19.2 Å². The van der Waals surface area contributed by atoms with E-state index in [4.69, 9.17) is 14.3 Å². The van der Waals surface area contributed by atoms with Gasteiger partial charge in [-0.2, -0.15) is 0 Å². The molecule has 1 amide bonds. The quantitative estimate of drug-likeness (QED) is 0.320. The molecule has 7 nitrogen and oxygen atoms in total. The van der Waals surface area contributed by atoms with Crippen molar-refractivity contribution in [2.45, 2.75) is 26.4 Å². The van der Waals surface area contributed by atoms with Gasteiger partial charge in [-0.3, -0.25) is 9.59 Å². The fourth-order valence-electron chi connectivity index (χ4n) is 3.09. The van der Waals surface area contributed by atoms with Gasteiger partial charge in [0, 0.05) is 18.5 Å². The summed E-state index contributed by atoms with van der Waals surface area (Å²) in [6.07, 6.45) is -0.429. The van der Waals surface area contributed by atoms with Crippen LogP contribution in [0.3, 0.4) is 0 Å². The number of thiophene rings is 1. The van der Waals surface area contributed by atoms with Crippen LogP contribution in [0, 0.1) is 11.6 Å². The van der Waals surface area contributed by atoms with E-state index in [9.17, 15) is 18.4 Å². The lowest BCUT2D eigenvalue weighted by atomic mass is 10.1. The zero-order valence-corrected chi connectivity index (χ0v) is 18.6. The fourth-order valence-corrected chi connectivity index (χ4v) is 3.76. The molecule has 0 saturated carbocycles. The zero-order valence-electron chi connectivity index (χ0n) is 17.8. The predicted molar refractivity (Wildman–Crippen MR) is 115 cm³/mol. The summed E-state index contributed by atoms with van der Waals surface area (Å²) in [7, 11) is 0. The average molecular weight is 467 g/mol. The molecule has 32 heavy (non-hydrogen) atoms. The number of carbonyl (C=O) groups is 2. The van der Waals surface area contributed by atoms with Crippen LogP contribution in [0.4, 0.5) is 8.78 Å². The van der Waals surface area contributed by atoms with Crippen LogP contribution in [-0.4, -0.2) is 61.3 Å². The molecule has 0 N–H and O–H groups in total. The Morgan fingerprint density at radius 1 is 1.31 bits per heavy atom. The smallest absolute Gasteiger partial charge is 0.263 e. The molecule has 1 aromatic heterocycles. The number of hydrogen-bond acceptors (Lipinski definition) is 7. The molecule has 1 aliphatic rings. The number of ether oxygens (including phenoxy) is 2. The first kappa shape index (κ1) is 23.8. The van der Waals surface area contributed by atoms with Gasteiger partial charge in [0.15, 0.2) is 29.8 Å². The second-order valence-corrected chi connectivity index (χ2v) is 8.06. The number of halogens is 2. The van der Waals surface area contributed by atoms with Crippen molar-refractivity contribution in [1.29, 1.82) is 0 Å². The van der Waals surface area contributed by atoms with Gasteiger partial charge in [-0.15, -0.1) is 11.3 Å². The maximum atomic E-state index is 14.2. The summed E-state index contributed by atoms with van der Waals surface area (Å²) in [6.45, 7) is 3.82. The maximum absolute atomic E-state index is 14.2. The Morgan fingerprint density at radius 2 is 2.06 bits per heavy atom. The number of morpholine rings is 1. The van der Waals surface area contributed by atoms with Gasteiger partial charge in [-0.1, -0.05) is 18.1 Å². The molecule has 10 heteroatoms. The molecule has 2 aromatic rings. The van der Waals surface area contributed by atoms with Crippen LogP contribution in [0.15, 0.2) is 34.8 Å². The van der Waals surface area contributed by atoms with Gasteiger partial charge in [0.25, 0.3) is 5.91 Å². The van der Waals surface area contributed by atoms with E-state index < -0.39 is 23.5 Å². The number of rotatable bonds is 9. The standard InChI is InChI=1S/C22H24F2N2O5S/c1-3-19(27)15-9-17(23)22(18(24)10-15)30-12-16-11-26(6-7-29-16)21(28)13-31-25-14(2)20-5-4-8-32-20/h4-5,8-10,16H,3,6-7,11-13H2,1-2H3/b25-14-. The molecule has 1 fully saturated rings. The van der Waals surface area contributed by atoms with E-state index >= 15 is 0 Å². The highest BCUT2D eigenvalue weighted by atomic mass is 32.1. The molecule has 1 aromatic carbocycles. The molecule has 1 saturated heterocycles. The van der Waals surface area contributed by atoms with Crippen LogP contribution in [-0.2, 0) is 14.4 Å². The number of carbonyl (C=O) groups excluding carboxylic acids is 2. The zero-order chi connectivity index (χ0) is 23.1. The van der Waals surface area contributed by atoms with Crippen molar-refractivity contribution in [3.63, 3.8) is 0 Å². The van der Waals surface area contributed by atoms with E-state index in [-0.39, 0.29) is 50.0 Å². The molecular formula is C22H24F2N2O5S. The van der Waals surface area contributed by atoms with Crippen LogP contribution in [0.1, 0.15) is 35.5 Å². The van der Waals surface area contributed by atoms with E-state index in [1.54, 1.807) is 13.8 Å². The third-order valence-electron chi connectivity index (χ3n) is 4.81. The molecule has 0 radical (unpaired) electrons. The van der Waals surface area contributed by atoms with Crippen molar-refractivity contribution in [3.8, 4) is 5.75 Å². The molecule has 1 aliphatic heterocycles. The second kappa shape index (κ2) is 11.1. The molecule has 1 unspecified atom stereocenters. The highest BCUT2D eigenvalue weighted by Crippen LogP contribution is 2.24. The monoisotopic (exact) mass is 466 g/mol. The van der Waals surface area contributed by atoms with Crippen molar-refractivity contribution < 1.29 is 32.7 Å². The summed E-state index contributed by atoms with van der Waals surface area (Å²) in [5.41, 5.74) is 0.634. The average Bonchev–Trinajstić information content (AvgIpc) is 3.33. The van der Waals surface area contributed by atoms with Gasteiger partial charge in [0.05, 0.1) is 23.7 Å². The van der Waals surface area contributed by atoms with E-state index in [1.165, 1.54) is 16.2 Å². The minimum atomic E-state index is -0.960. The number of ketones is 1. The van der Waals surface area contributed by atoms with Gasteiger partial charge in [-0.05, 0) is 30.5 Å². The van der Waals surface area contributed by atoms with Crippen LogP contribution >= 0.6 is 11.3 Å². The molecule has 172 valence electrons. The minimum absolute atomic E-state index is 0.0440. The van der Waals surface area contributed by atoms with Gasteiger partial charge in [0.1, 0.15) is 12.7 Å². The van der Waals surface area contributed by atoms with E-state index in [2.05, 4.69) is 5.16 Å². The topological polar surface area (TPSA) is 77.4 Å². The lowest BCUT2D eigenvalue weighted by Crippen LogP contribution is -2.48. The lowest BCUT2D eigenvalue weighted by molar-refractivity contribution is -0.144. The largest absolute Gasteiger partial charge is 0.485 e. The number of Topliss-reactive ketones (excluding diaryl/α,β-unsaturated/α-hetero) is 1. The minimum Gasteiger partial charge on any atom is -0.485 e. The Morgan fingerprint density at radius 3 is 2.72 bits per heavy atom. The Hall–Kier alpha value is -2.85. The predicted octanol–water partition coefficient (Wildman–Crippen LogP) is 3.67. The summed E-state index contributed by atoms with van der Waals surface area (Å²) < 4.78 is 39.3. The molecule has 0 bridgehead atoms. The number of amides is 1. The Labute approximate surface area is 188 Å². The molecule has 0 aliphatic carbocycles. The number of oxime groups is 1. The van der Waals surface area contributed by atoms with E-state index in [0.717, 1.165) is 17.0 Å². The van der Waals surface area contributed by atoms with Crippen molar-refractivity contribution >= 4 is 28.7 Å². The maximum Gasteiger partial charge on any atom is 0.263 e. The third kappa shape index (κ3) is 6.10. The third-order valence-corrected chi connectivity index (χ3v) is 5.79. The van der Waals surface area contributed by atoms with Crippen LogP contribution < -0.4 is 4.74 Å². The highest BCUT2D eigenvalue weighted by Gasteiger charge is 2.26. The molecule has 2 heterocycles. The summed E-state index contributed by atoms with van der Waals surface area (Å²) >= 11 is 1.52. The molecule has 3 rings (SSSR count). The summed E-state index contributed by atoms with van der Waals surface area (Å²) in [5, 5.41) is 5.88. The van der Waals surface area contributed by atoms with Gasteiger partial charge >= 0.3 is 0 Å². The normalized spacial score (nSPS) is 16.7. The van der Waals surface area contributed by atoms with E-state index in [1.807, 2.05) is 17.5 Å². The Bertz CT molecular complexity index is 958. The highest BCUT2D eigenvalue weighted by molar-refractivity contribution is 7.12. The van der Waals surface area contributed by atoms with Gasteiger partial charge in [-0.25, -0.2) is 8.78 Å². The molecule has 0 spiro atoms. The van der Waals surface area contributed by atoms with Crippen LogP contribution in [0.2, 0.25) is 0 Å². The first-order chi connectivity index (χ1) is 15.4. The Kier molecular flexibility index (Phi) is 8.29. The van der Waals surface area contributed by atoms with Gasteiger partial charge in [0.2, 0.25) is 0 Å². The lowest BCUT2D eigenvalue weighted by Gasteiger charge is -2.32. The number of hydrogen-bond donors (Lipinski definition) is 0. The summed E-state index contributed by atoms with van der Waals surface area (Å²) in [5.74, 6) is -3.14. The first-order valence-corrected chi connectivity index (χ1v) is 11.0. The number of nitrogens with zero attached hydrogens (tertiary/aromatic N) is 2. The molecular weight excluding hydrogens is 442 g/mol. The van der Waals surface area contributed by atoms with Crippen molar-refractivity contribution in [2.24, 2.45) is 5.16 Å². The fraction of sp³-hybridized carbons (Fsp3) is 0.409. The summed E-state index contributed by atoms with van der Waals surface area (Å²) in [6, 6.07) is 5.72. The number of benzene rings is 1.